The number of hydrogen-bond acceptors (Lipinski definition) is 3. The van der Waals surface area contributed by atoms with Crippen LogP contribution in [0.1, 0.15) is 0 Å². The van der Waals surface area contributed by atoms with Crippen LogP contribution in [0, 0.1) is 11.6 Å². The molecule has 0 aliphatic rings. The molecule has 0 aliphatic carbocycles. The average Bonchev–Trinajstić information content (AvgIpc) is 2.76. The summed E-state index contributed by atoms with van der Waals surface area (Å²) >= 11 is 1.40. The summed E-state index contributed by atoms with van der Waals surface area (Å²) in [6, 6.07) is 10.9. The normalized spacial score (nSPS) is 10.8. The fourth-order valence-electron chi connectivity index (χ4n) is 1.63. The zero-order chi connectivity index (χ0) is 12.5. The summed E-state index contributed by atoms with van der Waals surface area (Å²) in [6.07, 6.45) is 0. The summed E-state index contributed by atoms with van der Waals surface area (Å²) in [5.41, 5.74) is 0.927. The molecule has 1 N–H and O–H groups in total. The number of para-hydroxylation sites is 1. The van der Waals surface area contributed by atoms with Crippen LogP contribution in [0.4, 0.5) is 19.6 Å². The molecule has 0 amide bonds. The number of rotatable bonds is 2. The molecule has 0 fully saturated rings. The second kappa shape index (κ2) is 4.34. The van der Waals surface area contributed by atoms with Gasteiger partial charge in [0.1, 0.15) is 11.6 Å². The molecule has 0 saturated heterocycles. The van der Waals surface area contributed by atoms with E-state index in [1.807, 2.05) is 24.3 Å². The second-order valence-electron chi connectivity index (χ2n) is 3.74. The lowest BCUT2D eigenvalue weighted by Gasteiger charge is -2.03. The van der Waals surface area contributed by atoms with E-state index >= 15 is 0 Å². The summed E-state index contributed by atoms with van der Waals surface area (Å²) in [6.45, 7) is 0. The number of thiazole rings is 1. The molecule has 2 nitrogen and oxygen atoms in total. The predicted molar refractivity (Wildman–Crippen MR) is 69.3 cm³/mol. The quantitative estimate of drug-likeness (QED) is 0.744. The van der Waals surface area contributed by atoms with Crippen molar-refractivity contribution < 1.29 is 8.78 Å². The molecule has 18 heavy (non-hydrogen) atoms. The number of benzene rings is 2. The topological polar surface area (TPSA) is 24.9 Å². The second-order valence-corrected chi connectivity index (χ2v) is 4.77. The number of halogens is 2. The largest absolute Gasteiger partial charge is 0.329 e. The van der Waals surface area contributed by atoms with Crippen LogP contribution in [-0.4, -0.2) is 4.98 Å². The SMILES string of the molecule is Fc1ccc(F)c(Nc2nc3ccccc3s2)c1. The van der Waals surface area contributed by atoms with Crippen LogP contribution in [-0.2, 0) is 0 Å². The van der Waals surface area contributed by atoms with Gasteiger partial charge in [-0.2, -0.15) is 0 Å². The highest BCUT2D eigenvalue weighted by atomic mass is 32.1. The smallest absolute Gasteiger partial charge is 0.188 e. The van der Waals surface area contributed by atoms with Crippen LogP contribution in [0.5, 0.6) is 0 Å². The van der Waals surface area contributed by atoms with Crippen molar-refractivity contribution in [3.63, 3.8) is 0 Å². The predicted octanol–water partition coefficient (Wildman–Crippen LogP) is 4.32. The highest BCUT2D eigenvalue weighted by Gasteiger charge is 2.07. The standard InChI is InChI=1S/C13H8F2N2S/c14-8-5-6-9(15)11(7-8)17-13-16-10-3-1-2-4-12(10)18-13/h1-7H,(H,16,17). The first-order chi connectivity index (χ1) is 8.72. The van der Waals surface area contributed by atoms with E-state index in [-0.39, 0.29) is 5.69 Å². The monoisotopic (exact) mass is 262 g/mol. The molecule has 0 unspecified atom stereocenters. The van der Waals surface area contributed by atoms with Crippen molar-refractivity contribution in [3.8, 4) is 0 Å². The Morgan fingerprint density at radius 3 is 2.72 bits per heavy atom. The lowest BCUT2D eigenvalue weighted by Crippen LogP contribution is -1.93. The Morgan fingerprint density at radius 2 is 1.89 bits per heavy atom. The van der Waals surface area contributed by atoms with Crippen LogP contribution >= 0.6 is 11.3 Å². The van der Waals surface area contributed by atoms with Crippen molar-refractivity contribution in [2.24, 2.45) is 0 Å². The van der Waals surface area contributed by atoms with Gasteiger partial charge in [-0.1, -0.05) is 23.5 Å². The number of aromatic nitrogens is 1. The lowest BCUT2D eigenvalue weighted by molar-refractivity contribution is 0.603. The first-order valence-corrected chi connectivity index (χ1v) is 6.12. The fraction of sp³-hybridized carbons (Fsp3) is 0. The minimum Gasteiger partial charge on any atom is -0.329 e. The molecule has 3 rings (SSSR count). The minimum absolute atomic E-state index is 0.0917. The van der Waals surface area contributed by atoms with Gasteiger partial charge in [0, 0.05) is 6.07 Å². The van der Waals surface area contributed by atoms with Gasteiger partial charge in [-0.15, -0.1) is 0 Å². The summed E-state index contributed by atoms with van der Waals surface area (Å²) in [7, 11) is 0. The van der Waals surface area contributed by atoms with Crippen molar-refractivity contribution in [1.29, 1.82) is 0 Å². The van der Waals surface area contributed by atoms with Crippen LogP contribution in [0.25, 0.3) is 10.2 Å². The Hall–Kier alpha value is -2.01. The molecule has 0 atom stereocenters. The van der Waals surface area contributed by atoms with Crippen LogP contribution < -0.4 is 5.32 Å². The minimum atomic E-state index is -0.504. The van der Waals surface area contributed by atoms with Gasteiger partial charge >= 0.3 is 0 Å². The maximum absolute atomic E-state index is 13.5. The van der Waals surface area contributed by atoms with E-state index in [0.717, 1.165) is 28.4 Å². The van der Waals surface area contributed by atoms with E-state index in [0.29, 0.717) is 5.13 Å². The van der Waals surface area contributed by atoms with E-state index in [2.05, 4.69) is 10.3 Å². The zero-order valence-electron chi connectivity index (χ0n) is 9.15. The van der Waals surface area contributed by atoms with E-state index < -0.39 is 11.6 Å². The Labute approximate surface area is 106 Å². The third-order valence-corrected chi connectivity index (χ3v) is 3.42. The molecule has 0 saturated carbocycles. The van der Waals surface area contributed by atoms with E-state index in [9.17, 15) is 8.78 Å². The fourth-order valence-corrected chi connectivity index (χ4v) is 2.51. The number of fused-ring (bicyclic) bond motifs is 1. The van der Waals surface area contributed by atoms with Crippen molar-refractivity contribution in [3.05, 3.63) is 54.1 Å². The number of nitrogens with one attached hydrogen (secondary N) is 1. The molecule has 0 bridgehead atoms. The molecule has 0 radical (unpaired) electrons. The molecular weight excluding hydrogens is 254 g/mol. The lowest BCUT2D eigenvalue weighted by atomic mass is 10.3. The van der Waals surface area contributed by atoms with Crippen molar-refractivity contribution >= 4 is 32.4 Å². The average molecular weight is 262 g/mol. The van der Waals surface area contributed by atoms with Gasteiger partial charge in [-0.25, -0.2) is 13.8 Å². The first-order valence-electron chi connectivity index (χ1n) is 5.30. The van der Waals surface area contributed by atoms with Crippen LogP contribution in [0.2, 0.25) is 0 Å². The molecule has 1 aromatic heterocycles. The number of hydrogen-bond donors (Lipinski definition) is 1. The molecule has 5 heteroatoms. The van der Waals surface area contributed by atoms with Gasteiger partial charge in [-0.05, 0) is 24.3 Å². The molecule has 2 aromatic carbocycles. The molecule has 3 aromatic rings. The first kappa shape index (κ1) is 11.1. The van der Waals surface area contributed by atoms with Gasteiger partial charge in [0.05, 0.1) is 15.9 Å². The number of anilines is 2. The molecule has 0 spiro atoms. The van der Waals surface area contributed by atoms with E-state index in [1.54, 1.807) is 0 Å². The van der Waals surface area contributed by atoms with Crippen molar-refractivity contribution in [2.45, 2.75) is 0 Å². The Balaban J connectivity index is 1.98. The van der Waals surface area contributed by atoms with E-state index in [4.69, 9.17) is 0 Å². The van der Waals surface area contributed by atoms with Gasteiger partial charge in [-0.3, -0.25) is 0 Å². The Kier molecular flexibility index (Phi) is 2.68. The zero-order valence-corrected chi connectivity index (χ0v) is 9.97. The van der Waals surface area contributed by atoms with Gasteiger partial charge in [0.25, 0.3) is 0 Å². The molecular formula is C13H8F2N2S. The maximum atomic E-state index is 13.5. The van der Waals surface area contributed by atoms with Crippen LogP contribution in [0.3, 0.4) is 0 Å². The number of nitrogens with zero attached hydrogens (tertiary/aromatic N) is 1. The molecule has 1 heterocycles. The van der Waals surface area contributed by atoms with Crippen molar-refractivity contribution in [2.75, 3.05) is 5.32 Å². The Bertz CT molecular complexity index is 676. The third-order valence-electron chi connectivity index (χ3n) is 2.46. The third kappa shape index (κ3) is 2.04. The Morgan fingerprint density at radius 1 is 1.06 bits per heavy atom. The van der Waals surface area contributed by atoms with Gasteiger partial charge in [0.15, 0.2) is 5.13 Å². The summed E-state index contributed by atoms with van der Waals surface area (Å²) in [4.78, 5) is 4.30. The maximum Gasteiger partial charge on any atom is 0.188 e. The van der Waals surface area contributed by atoms with Crippen LogP contribution in [0.15, 0.2) is 42.5 Å². The molecule has 0 aliphatic heterocycles. The van der Waals surface area contributed by atoms with Crippen molar-refractivity contribution in [1.82, 2.24) is 4.98 Å². The summed E-state index contributed by atoms with van der Waals surface area (Å²) in [5.74, 6) is -0.990. The summed E-state index contributed by atoms with van der Waals surface area (Å²) < 4.78 is 27.5. The summed E-state index contributed by atoms with van der Waals surface area (Å²) in [5, 5.41) is 3.34. The highest BCUT2D eigenvalue weighted by Crippen LogP contribution is 2.29. The highest BCUT2D eigenvalue weighted by molar-refractivity contribution is 7.22. The van der Waals surface area contributed by atoms with Gasteiger partial charge in [0.2, 0.25) is 0 Å². The molecule has 90 valence electrons. The van der Waals surface area contributed by atoms with E-state index in [1.165, 1.54) is 11.3 Å². The van der Waals surface area contributed by atoms with Gasteiger partial charge < -0.3 is 5.32 Å².